The molecule has 3 aliphatic heterocycles. The van der Waals surface area contributed by atoms with Gasteiger partial charge in [0.25, 0.3) is 0 Å². The number of esters is 1. The van der Waals surface area contributed by atoms with Gasteiger partial charge in [-0.05, 0) is 26.2 Å². The third-order valence-corrected chi connectivity index (χ3v) is 4.60. The van der Waals surface area contributed by atoms with Gasteiger partial charge in [-0.15, -0.1) is 0 Å². The van der Waals surface area contributed by atoms with Crippen LogP contribution in [0.4, 0.5) is 0 Å². The van der Waals surface area contributed by atoms with E-state index in [2.05, 4.69) is 0 Å². The van der Waals surface area contributed by atoms with Crippen LogP contribution in [-0.4, -0.2) is 53.8 Å². The molecule has 4 atom stereocenters. The van der Waals surface area contributed by atoms with E-state index in [0.29, 0.717) is 12.8 Å². The van der Waals surface area contributed by atoms with Gasteiger partial charge in [0.2, 0.25) is 11.8 Å². The summed E-state index contributed by atoms with van der Waals surface area (Å²) in [5.41, 5.74) is 0. The number of ether oxygens (including phenoxy) is 2. The highest BCUT2D eigenvalue weighted by Gasteiger charge is 2.62. The van der Waals surface area contributed by atoms with E-state index in [1.165, 1.54) is 6.92 Å². The maximum atomic E-state index is 12.3. The van der Waals surface area contributed by atoms with Gasteiger partial charge < -0.3 is 14.3 Å². The summed E-state index contributed by atoms with van der Waals surface area (Å²) < 4.78 is 10.6. The van der Waals surface area contributed by atoms with E-state index in [9.17, 15) is 19.2 Å². The highest BCUT2D eigenvalue weighted by atomic mass is 16.5. The van der Waals surface area contributed by atoms with Crippen molar-refractivity contribution < 1.29 is 28.7 Å². The Labute approximate surface area is 127 Å². The normalized spacial score (nSPS) is 32.5. The Hall–Kier alpha value is -1.76. The molecule has 0 radical (unpaired) electrons. The molecule has 2 bridgehead atoms. The van der Waals surface area contributed by atoms with Gasteiger partial charge in [-0.1, -0.05) is 0 Å². The monoisotopic (exact) mass is 309 g/mol. The molecule has 120 valence electrons. The molecule has 0 N–H and O–H groups in total. The lowest BCUT2D eigenvalue weighted by molar-refractivity contribution is -0.154. The largest absolute Gasteiger partial charge is 0.464 e. The van der Waals surface area contributed by atoms with Crippen molar-refractivity contribution in [1.29, 1.82) is 0 Å². The summed E-state index contributed by atoms with van der Waals surface area (Å²) in [4.78, 5) is 48.2. The summed E-state index contributed by atoms with van der Waals surface area (Å²) in [6.45, 7) is 1.25. The topological polar surface area (TPSA) is 90.0 Å². The van der Waals surface area contributed by atoms with E-state index < -0.39 is 17.8 Å². The zero-order valence-electron chi connectivity index (χ0n) is 12.4. The van der Waals surface area contributed by atoms with E-state index in [1.54, 1.807) is 0 Å². The second-order valence-electron chi connectivity index (χ2n) is 6.13. The average molecular weight is 309 g/mol. The van der Waals surface area contributed by atoms with Crippen molar-refractivity contribution in [2.75, 3.05) is 13.2 Å². The van der Waals surface area contributed by atoms with Crippen LogP contribution in [0.3, 0.4) is 0 Å². The Kier molecular flexibility index (Phi) is 3.99. The third kappa shape index (κ3) is 2.54. The Morgan fingerprint density at radius 1 is 1.18 bits per heavy atom. The second kappa shape index (κ2) is 5.79. The molecular formula is C15H19NO6. The SMILES string of the molecule is CC(=O)CCCOC(=O)CN1C(=O)[C@@H]2[C@@H](C1=O)[C@H]1CC[C@H]2O1. The number of ketones is 1. The minimum atomic E-state index is -0.613. The first kappa shape index (κ1) is 15.1. The summed E-state index contributed by atoms with van der Waals surface area (Å²) in [6, 6.07) is 0. The fraction of sp³-hybridized carbons (Fsp3) is 0.733. The fourth-order valence-electron chi connectivity index (χ4n) is 3.61. The number of Topliss-reactive ketones (excluding diaryl/α,β-unsaturated/α-hetero) is 1. The molecular weight excluding hydrogens is 290 g/mol. The maximum absolute atomic E-state index is 12.3. The summed E-state index contributed by atoms with van der Waals surface area (Å²) in [5.74, 6) is -2.05. The molecule has 3 fully saturated rings. The zero-order valence-corrected chi connectivity index (χ0v) is 12.4. The predicted molar refractivity (Wildman–Crippen MR) is 72.5 cm³/mol. The molecule has 0 saturated carbocycles. The van der Waals surface area contributed by atoms with Gasteiger partial charge in [-0.25, -0.2) is 0 Å². The maximum Gasteiger partial charge on any atom is 0.326 e. The number of rotatable bonds is 6. The number of nitrogens with zero attached hydrogens (tertiary/aromatic N) is 1. The molecule has 3 heterocycles. The van der Waals surface area contributed by atoms with Crippen molar-refractivity contribution in [1.82, 2.24) is 4.90 Å². The lowest BCUT2D eigenvalue weighted by Crippen LogP contribution is -2.38. The van der Waals surface area contributed by atoms with Gasteiger partial charge >= 0.3 is 5.97 Å². The quantitative estimate of drug-likeness (QED) is 0.391. The van der Waals surface area contributed by atoms with Crippen molar-refractivity contribution in [3.05, 3.63) is 0 Å². The van der Waals surface area contributed by atoms with Crippen molar-refractivity contribution in [3.63, 3.8) is 0 Å². The smallest absolute Gasteiger partial charge is 0.326 e. The molecule has 22 heavy (non-hydrogen) atoms. The molecule has 0 aliphatic carbocycles. The predicted octanol–water partition coefficient (Wildman–Crippen LogP) is 0.0612. The summed E-state index contributed by atoms with van der Waals surface area (Å²) in [6.07, 6.45) is 2.04. The molecule has 3 aliphatic rings. The number of likely N-dealkylation sites (tertiary alicyclic amines) is 1. The molecule has 7 nitrogen and oxygen atoms in total. The summed E-state index contributed by atoms with van der Waals surface area (Å²) >= 11 is 0. The number of hydrogen-bond donors (Lipinski definition) is 0. The number of carbonyl (C=O) groups excluding carboxylic acids is 4. The Balaban J connectivity index is 1.53. The lowest BCUT2D eigenvalue weighted by Gasteiger charge is -2.16. The van der Waals surface area contributed by atoms with Crippen LogP contribution in [0.2, 0.25) is 0 Å². The summed E-state index contributed by atoms with van der Waals surface area (Å²) in [5, 5.41) is 0. The first-order valence-electron chi connectivity index (χ1n) is 7.65. The minimum absolute atomic E-state index is 0.0317. The lowest BCUT2D eigenvalue weighted by atomic mass is 9.81. The van der Waals surface area contributed by atoms with Crippen LogP contribution in [0.5, 0.6) is 0 Å². The molecule has 3 rings (SSSR count). The van der Waals surface area contributed by atoms with Gasteiger partial charge in [0.1, 0.15) is 12.3 Å². The highest BCUT2D eigenvalue weighted by Crippen LogP contribution is 2.48. The Bertz CT molecular complexity index is 502. The average Bonchev–Trinajstić information content (AvgIpc) is 3.13. The minimum Gasteiger partial charge on any atom is -0.464 e. The van der Waals surface area contributed by atoms with Crippen LogP contribution < -0.4 is 0 Å². The standard InChI is InChI=1S/C15H19NO6/c1-8(17)3-2-6-21-11(18)7-16-14(19)12-9-4-5-10(22-9)13(12)15(16)20/h9-10,12-13H,2-7H2,1H3/t9-,10-,12+,13+/m1/s1. The number of amides is 2. The third-order valence-electron chi connectivity index (χ3n) is 4.60. The molecule has 0 aromatic heterocycles. The van der Waals surface area contributed by atoms with Crippen molar-refractivity contribution in [2.24, 2.45) is 11.8 Å². The molecule has 0 unspecified atom stereocenters. The van der Waals surface area contributed by atoms with Crippen LogP contribution in [0.1, 0.15) is 32.6 Å². The Morgan fingerprint density at radius 3 is 2.32 bits per heavy atom. The molecule has 2 amide bonds. The van der Waals surface area contributed by atoms with Gasteiger partial charge in [-0.2, -0.15) is 0 Å². The first-order chi connectivity index (χ1) is 10.5. The molecule has 0 aromatic carbocycles. The van der Waals surface area contributed by atoms with Crippen LogP contribution in [0.25, 0.3) is 0 Å². The molecule has 7 heteroatoms. The second-order valence-corrected chi connectivity index (χ2v) is 6.13. The van der Waals surface area contributed by atoms with Crippen LogP contribution >= 0.6 is 0 Å². The fourth-order valence-corrected chi connectivity index (χ4v) is 3.61. The van der Waals surface area contributed by atoms with E-state index in [1.807, 2.05) is 0 Å². The molecule has 3 saturated heterocycles. The summed E-state index contributed by atoms with van der Waals surface area (Å²) in [7, 11) is 0. The van der Waals surface area contributed by atoms with E-state index >= 15 is 0 Å². The zero-order chi connectivity index (χ0) is 15.9. The van der Waals surface area contributed by atoms with Crippen LogP contribution in [0, 0.1) is 11.8 Å². The first-order valence-corrected chi connectivity index (χ1v) is 7.65. The van der Waals surface area contributed by atoms with Gasteiger partial charge in [0, 0.05) is 6.42 Å². The van der Waals surface area contributed by atoms with Crippen molar-refractivity contribution in [2.45, 2.75) is 44.8 Å². The number of hydrogen-bond acceptors (Lipinski definition) is 6. The Morgan fingerprint density at radius 2 is 1.77 bits per heavy atom. The number of fused-ring (bicyclic) bond motifs is 5. The van der Waals surface area contributed by atoms with E-state index in [4.69, 9.17) is 9.47 Å². The van der Waals surface area contributed by atoms with Crippen LogP contribution in [0.15, 0.2) is 0 Å². The number of imide groups is 1. The van der Waals surface area contributed by atoms with Gasteiger partial charge in [-0.3, -0.25) is 19.3 Å². The van der Waals surface area contributed by atoms with Gasteiger partial charge in [0.05, 0.1) is 30.7 Å². The van der Waals surface area contributed by atoms with Crippen molar-refractivity contribution in [3.8, 4) is 0 Å². The van der Waals surface area contributed by atoms with E-state index in [0.717, 1.165) is 17.7 Å². The van der Waals surface area contributed by atoms with Crippen molar-refractivity contribution >= 4 is 23.6 Å². The van der Waals surface area contributed by atoms with Crippen LogP contribution in [-0.2, 0) is 28.7 Å². The highest BCUT2D eigenvalue weighted by molar-refractivity contribution is 6.08. The molecule has 0 aromatic rings. The number of carbonyl (C=O) groups is 4. The van der Waals surface area contributed by atoms with E-state index in [-0.39, 0.29) is 43.0 Å². The molecule has 0 spiro atoms. The van der Waals surface area contributed by atoms with Gasteiger partial charge in [0.15, 0.2) is 0 Å².